The summed E-state index contributed by atoms with van der Waals surface area (Å²) in [5, 5.41) is 10.2. The summed E-state index contributed by atoms with van der Waals surface area (Å²) in [6.45, 7) is -0.282. The van der Waals surface area contributed by atoms with Crippen LogP contribution in [0.5, 0.6) is 0 Å². The topological polar surface area (TPSA) is 57.6 Å². The molecule has 1 aliphatic heterocycles. The van der Waals surface area contributed by atoms with Crippen LogP contribution in [0.2, 0.25) is 0 Å². The van der Waals surface area contributed by atoms with Crippen LogP contribution in [-0.2, 0) is 9.59 Å². The molecule has 30 heavy (non-hydrogen) atoms. The van der Waals surface area contributed by atoms with Gasteiger partial charge in [0, 0.05) is 11.8 Å². The Hall–Kier alpha value is -3.24. The maximum Gasteiger partial charge on any atom is 0.234 e. The molecule has 0 radical (unpaired) electrons. The first kappa shape index (κ1) is 17.6. The van der Waals surface area contributed by atoms with E-state index in [4.69, 9.17) is 0 Å². The number of imide groups is 1. The van der Waals surface area contributed by atoms with Gasteiger partial charge < -0.3 is 5.11 Å². The molecular formula is C26H21NO3. The number of carbonyl (C=O) groups is 2. The number of aliphatic hydroxyl groups excluding tert-OH is 1. The van der Waals surface area contributed by atoms with Gasteiger partial charge in [-0.05, 0) is 27.8 Å². The van der Waals surface area contributed by atoms with Gasteiger partial charge in [-0.25, -0.2) is 0 Å². The van der Waals surface area contributed by atoms with Gasteiger partial charge in [-0.15, -0.1) is 0 Å². The molecule has 3 aromatic rings. The highest BCUT2D eigenvalue weighted by atomic mass is 16.3. The number of likely N-dealkylation sites (tertiary alicyclic amines) is 1. The van der Waals surface area contributed by atoms with E-state index in [1.54, 1.807) is 0 Å². The van der Waals surface area contributed by atoms with Gasteiger partial charge in [-0.1, -0.05) is 78.9 Å². The second-order valence-corrected chi connectivity index (χ2v) is 8.42. The number of aliphatic hydroxyl groups is 1. The molecule has 3 aliphatic carbocycles. The van der Waals surface area contributed by atoms with Crippen LogP contribution in [0.15, 0.2) is 78.9 Å². The molecular weight excluding hydrogens is 374 g/mol. The fourth-order valence-corrected chi connectivity index (χ4v) is 6.02. The van der Waals surface area contributed by atoms with Gasteiger partial charge in [-0.2, -0.15) is 0 Å². The maximum atomic E-state index is 13.7. The molecule has 1 fully saturated rings. The van der Waals surface area contributed by atoms with Crippen LogP contribution >= 0.6 is 0 Å². The summed E-state index contributed by atoms with van der Waals surface area (Å²) in [6, 6.07) is 25.1. The van der Waals surface area contributed by atoms with E-state index in [0.29, 0.717) is 0 Å². The zero-order valence-electron chi connectivity index (χ0n) is 16.3. The van der Waals surface area contributed by atoms with Crippen molar-refractivity contribution in [3.63, 3.8) is 0 Å². The maximum absolute atomic E-state index is 13.7. The summed E-state index contributed by atoms with van der Waals surface area (Å²) in [5.41, 5.74) is 5.41. The van der Waals surface area contributed by atoms with Crippen LogP contribution in [0.3, 0.4) is 0 Å². The van der Waals surface area contributed by atoms with Crippen molar-refractivity contribution in [1.82, 2.24) is 4.90 Å². The zero-order chi connectivity index (χ0) is 20.4. The van der Waals surface area contributed by atoms with E-state index in [-0.39, 0.29) is 30.3 Å². The average Bonchev–Trinajstić information content (AvgIpc) is 3.06. The van der Waals surface area contributed by atoms with Crippen LogP contribution in [0.1, 0.15) is 45.7 Å². The molecule has 2 amide bonds. The Morgan fingerprint density at radius 1 is 0.667 bits per heavy atom. The summed E-state index contributed by atoms with van der Waals surface area (Å²) < 4.78 is 0. The SMILES string of the molecule is O=C1[C@@H]2C3c4ccccc4C(c4ccccc43)[C@@H]2C(=O)N1[C@@H](CO)c1ccccc1. The van der Waals surface area contributed by atoms with Crippen molar-refractivity contribution in [3.8, 4) is 0 Å². The van der Waals surface area contributed by atoms with E-state index in [2.05, 4.69) is 24.3 Å². The molecule has 1 N–H and O–H groups in total. The van der Waals surface area contributed by atoms with Crippen LogP contribution in [0.4, 0.5) is 0 Å². The molecule has 4 heteroatoms. The molecule has 0 spiro atoms. The van der Waals surface area contributed by atoms with Gasteiger partial charge in [0.15, 0.2) is 0 Å². The average molecular weight is 395 g/mol. The second kappa shape index (κ2) is 6.38. The summed E-state index contributed by atoms with van der Waals surface area (Å²) in [4.78, 5) is 28.8. The number of hydrogen-bond acceptors (Lipinski definition) is 3. The van der Waals surface area contributed by atoms with Gasteiger partial charge in [0.05, 0.1) is 24.5 Å². The fourth-order valence-electron chi connectivity index (χ4n) is 6.02. The van der Waals surface area contributed by atoms with E-state index in [9.17, 15) is 14.7 Å². The lowest BCUT2D eigenvalue weighted by Crippen LogP contribution is -2.41. The Balaban J connectivity index is 1.52. The third-order valence-electron chi connectivity index (χ3n) is 7.15. The molecule has 7 rings (SSSR count). The van der Waals surface area contributed by atoms with Crippen molar-refractivity contribution >= 4 is 11.8 Å². The number of amides is 2. The Morgan fingerprint density at radius 2 is 1.07 bits per heavy atom. The highest BCUT2D eigenvalue weighted by Crippen LogP contribution is 2.61. The first-order valence-corrected chi connectivity index (χ1v) is 10.4. The van der Waals surface area contributed by atoms with Gasteiger partial charge >= 0.3 is 0 Å². The van der Waals surface area contributed by atoms with E-state index in [0.717, 1.165) is 27.8 Å². The first-order valence-electron chi connectivity index (χ1n) is 10.4. The summed E-state index contributed by atoms with van der Waals surface area (Å²) >= 11 is 0. The molecule has 0 saturated carbocycles. The third kappa shape index (κ3) is 2.14. The molecule has 2 bridgehead atoms. The summed E-state index contributed by atoms with van der Waals surface area (Å²) in [7, 11) is 0. The van der Waals surface area contributed by atoms with Crippen LogP contribution in [0.25, 0.3) is 0 Å². The van der Waals surface area contributed by atoms with E-state index in [1.807, 2.05) is 54.6 Å². The van der Waals surface area contributed by atoms with Crippen LogP contribution in [0, 0.1) is 11.8 Å². The van der Waals surface area contributed by atoms with Gasteiger partial charge in [0.1, 0.15) is 0 Å². The number of rotatable bonds is 3. The smallest absolute Gasteiger partial charge is 0.234 e. The highest BCUT2D eigenvalue weighted by Gasteiger charge is 2.62. The van der Waals surface area contributed by atoms with Crippen molar-refractivity contribution < 1.29 is 14.7 Å². The molecule has 0 unspecified atom stereocenters. The quantitative estimate of drug-likeness (QED) is 0.690. The predicted molar refractivity (Wildman–Crippen MR) is 112 cm³/mol. The van der Waals surface area contributed by atoms with Crippen molar-refractivity contribution in [2.45, 2.75) is 17.9 Å². The van der Waals surface area contributed by atoms with Crippen LogP contribution < -0.4 is 0 Å². The number of benzene rings is 3. The Kier molecular flexibility index (Phi) is 3.74. The van der Waals surface area contributed by atoms with Crippen molar-refractivity contribution in [3.05, 3.63) is 107 Å². The molecule has 1 heterocycles. The molecule has 3 atom stereocenters. The molecule has 4 nitrogen and oxygen atoms in total. The van der Waals surface area contributed by atoms with Crippen molar-refractivity contribution in [1.29, 1.82) is 0 Å². The summed E-state index contributed by atoms with van der Waals surface area (Å²) in [6.07, 6.45) is 0. The normalized spacial score (nSPS) is 26.9. The van der Waals surface area contributed by atoms with Crippen LogP contribution in [-0.4, -0.2) is 28.4 Å². The molecule has 4 aliphatic rings. The van der Waals surface area contributed by atoms with Crippen molar-refractivity contribution in [2.75, 3.05) is 6.61 Å². The monoisotopic (exact) mass is 395 g/mol. The zero-order valence-corrected chi connectivity index (χ0v) is 16.3. The Morgan fingerprint density at radius 3 is 1.47 bits per heavy atom. The number of nitrogens with zero attached hydrogens (tertiary/aromatic N) is 1. The first-order chi connectivity index (χ1) is 14.7. The minimum atomic E-state index is -0.651. The largest absolute Gasteiger partial charge is 0.394 e. The number of hydrogen-bond donors (Lipinski definition) is 1. The lowest BCUT2D eigenvalue weighted by Gasteiger charge is -2.45. The lowest BCUT2D eigenvalue weighted by molar-refractivity contribution is -0.144. The molecule has 0 aromatic heterocycles. The van der Waals surface area contributed by atoms with Gasteiger partial charge in [0.2, 0.25) is 11.8 Å². The molecule has 1 saturated heterocycles. The lowest BCUT2D eigenvalue weighted by atomic mass is 9.55. The second-order valence-electron chi connectivity index (χ2n) is 8.42. The Labute approximate surface area is 174 Å². The molecule has 3 aromatic carbocycles. The molecule has 148 valence electrons. The highest BCUT2D eigenvalue weighted by molar-refractivity contribution is 6.08. The minimum Gasteiger partial charge on any atom is -0.394 e. The standard InChI is InChI=1S/C26H21NO3/c28-14-20(15-8-2-1-3-9-15)27-25(29)23-21-16-10-4-5-11-17(16)22(24(23)26(27)30)19-13-7-6-12-18(19)21/h1-13,20-24,28H,14H2/t20-,21?,22?,23-,24+/m0/s1. The van der Waals surface area contributed by atoms with Crippen molar-refractivity contribution in [2.24, 2.45) is 11.8 Å². The van der Waals surface area contributed by atoms with E-state index in [1.165, 1.54) is 4.90 Å². The Bertz CT molecular complexity index is 1060. The van der Waals surface area contributed by atoms with Gasteiger partial charge in [-0.3, -0.25) is 14.5 Å². The number of carbonyl (C=O) groups excluding carboxylic acids is 2. The van der Waals surface area contributed by atoms with Gasteiger partial charge in [0.25, 0.3) is 0 Å². The van der Waals surface area contributed by atoms with E-state index < -0.39 is 17.9 Å². The van der Waals surface area contributed by atoms with E-state index >= 15 is 0 Å². The third-order valence-corrected chi connectivity index (χ3v) is 7.15. The summed E-state index contributed by atoms with van der Waals surface area (Å²) in [5.74, 6) is -1.39. The predicted octanol–water partition coefficient (Wildman–Crippen LogP) is 3.61. The minimum absolute atomic E-state index is 0.121. The fraction of sp³-hybridized carbons (Fsp3) is 0.231.